The third-order valence-electron chi connectivity index (χ3n) is 3.00. The van der Waals surface area contributed by atoms with Crippen molar-refractivity contribution in [2.24, 2.45) is 5.92 Å². The van der Waals surface area contributed by atoms with Crippen LogP contribution >= 0.6 is 15.9 Å². The zero-order valence-corrected chi connectivity index (χ0v) is 14.0. The molecule has 1 unspecified atom stereocenters. The van der Waals surface area contributed by atoms with Gasteiger partial charge in [-0.1, -0.05) is 35.8 Å². The number of nitrogens with one attached hydrogen (secondary N) is 1. The highest BCUT2D eigenvalue weighted by Crippen LogP contribution is 2.27. The van der Waals surface area contributed by atoms with Crippen LogP contribution in [0.1, 0.15) is 19.4 Å². The maximum absolute atomic E-state index is 11.8. The lowest BCUT2D eigenvalue weighted by molar-refractivity contribution is -0.121. The van der Waals surface area contributed by atoms with E-state index >= 15 is 0 Å². The minimum Gasteiger partial charge on any atom is -0.493 e. The first-order valence-electron chi connectivity index (χ1n) is 6.62. The summed E-state index contributed by atoms with van der Waals surface area (Å²) in [6, 6.07) is 5.78. The number of halogens is 1. The van der Waals surface area contributed by atoms with Gasteiger partial charge in [-0.15, -0.1) is 0 Å². The molecule has 0 aliphatic heterocycles. The monoisotopic (exact) mass is 343 g/mol. The van der Waals surface area contributed by atoms with E-state index in [0.717, 1.165) is 12.0 Å². The molecule has 1 N–H and O–H groups in total. The molecule has 112 valence electrons. The van der Waals surface area contributed by atoms with Crippen LogP contribution in [0.3, 0.4) is 0 Å². The number of hydrogen-bond donors (Lipinski definition) is 1. The van der Waals surface area contributed by atoms with Crippen LogP contribution in [0.25, 0.3) is 0 Å². The van der Waals surface area contributed by atoms with Gasteiger partial charge in [-0.25, -0.2) is 0 Å². The van der Waals surface area contributed by atoms with E-state index in [0.29, 0.717) is 18.0 Å². The molecule has 0 fully saturated rings. The normalized spacial score (nSPS) is 12.1. The third kappa shape index (κ3) is 4.71. The van der Waals surface area contributed by atoms with Gasteiger partial charge in [-0.05, 0) is 30.0 Å². The molecule has 20 heavy (non-hydrogen) atoms. The number of benzene rings is 1. The maximum Gasteiger partial charge on any atom is 0.234 e. The van der Waals surface area contributed by atoms with Gasteiger partial charge in [0.1, 0.15) is 0 Å². The molecule has 0 saturated carbocycles. The van der Waals surface area contributed by atoms with E-state index in [1.54, 1.807) is 14.2 Å². The molecule has 4 nitrogen and oxygen atoms in total. The number of hydrogen-bond acceptors (Lipinski definition) is 3. The van der Waals surface area contributed by atoms with Crippen molar-refractivity contribution in [3.8, 4) is 11.5 Å². The molecule has 1 rings (SSSR count). The summed E-state index contributed by atoms with van der Waals surface area (Å²) in [5, 5.41) is 2.92. The Morgan fingerprint density at radius 3 is 2.45 bits per heavy atom. The van der Waals surface area contributed by atoms with Gasteiger partial charge in [-0.2, -0.15) is 0 Å². The van der Waals surface area contributed by atoms with Gasteiger partial charge < -0.3 is 14.8 Å². The van der Waals surface area contributed by atoms with Crippen molar-refractivity contribution in [2.75, 3.05) is 20.8 Å². The zero-order valence-electron chi connectivity index (χ0n) is 12.4. The minimum absolute atomic E-state index is 0.0282. The smallest absolute Gasteiger partial charge is 0.234 e. The van der Waals surface area contributed by atoms with Gasteiger partial charge >= 0.3 is 0 Å². The SMILES string of the molecule is COc1ccc(CCNC(=O)C(Br)C(C)C)cc1OC. The van der Waals surface area contributed by atoms with E-state index < -0.39 is 0 Å². The van der Waals surface area contributed by atoms with Crippen LogP contribution < -0.4 is 14.8 Å². The van der Waals surface area contributed by atoms with Gasteiger partial charge in [0.15, 0.2) is 11.5 Å². The van der Waals surface area contributed by atoms with Crippen molar-refractivity contribution in [3.05, 3.63) is 23.8 Å². The van der Waals surface area contributed by atoms with E-state index in [-0.39, 0.29) is 16.7 Å². The largest absolute Gasteiger partial charge is 0.493 e. The Bertz CT molecular complexity index is 449. The Balaban J connectivity index is 2.52. The first kappa shape index (κ1) is 16.8. The fourth-order valence-electron chi connectivity index (χ4n) is 1.77. The molecule has 0 radical (unpaired) electrons. The number of ether oxygens (including phenoxy) is 2. The molecular weight excluding hydrogens is 322 g/mol. The quantitative estimate of drug-likeness (QED) is 0.774. The number of rotatable bonds is 7. The van der Waals surface area contributed by atoms with Crippen LogP contribution in [0.15, 0.2) is 18.2 Å². The van der Waals surface area contributed by atoms with Crippen LogP contribution in [0.5, 0.6) is 11.5 Å². The molecule has 0 spiro atoms. The van der Waals surface area contributed by atoms with Crippen molar-refractivity contribution in [1.29, 1.82) is 0 Å². The highest BCUT2D eigenvalue weighted by molar-refractivity contribution is 9.10. The highest BCUT2D eigenvalue weighted by atomic mass is 79.9. The summed E-state index contributed by atoms with van der Waals surface area (Å²) >= 11 is 3.39. The topological polar surface area (TPSA) is 47.6 Å². The van der Waals surface area contributed by atoms with Crippen molar-refractivity contribution in [1.82, 2.24) is 5.32 Å². The highest BCUT2D eigenvalue weighted by Gasteiger charge is 2.17. The van der Waals surface area contributed by atoms with Crippen molar-refractivity contribution in [2.45, 2.75) is 25.1 Å². The summed E-state index contributed by atoms with van der Waals surface area (Å²) in [7, 11) is 3.22. The predicted molar refractivity (Wildman–Crippen MR) is 83.8 cm³/mol. The molecule has 1 atom stereocenters. The molecule has 1 aromatic carbocycles. The molecule has 0 bridgehead atoms. The Hall–Kier alpha value is -1.23. The average molecular weight is 344 g/mol. The molecule has 0 aliphatic rings. The zero-order chi connectivity index (χ0) is 15.1. The van der Waals surface area contributed by atoms with Gasteiger partial charge in [0.2, 0.25) is 5.91 Å². The second-order valence-electron chi connectivity index (χ2n) is 4.88. The van der Waals surface area contributed by atoms with Gasteiger partial charge in [0.25, 0.3) is 0 Å². The lowest BCUT2D eigenvalue weighted by Crippen LogP contribution is -2.35. The number of methoxy groups -OCH3 is 2. The van der Waals surface area contributed by atoms with Gasteiger partial charge in [0, 0.05) is 6.54 Å². The first-order valence-corrected chi connectivity index (χ1v) is 7.53. The van der Waals surface area contributed by atoms with E-state index in [4.69, 9.17) is 9.47 Å². The Morgan fingerprint density at radius 2 is 1.90 bits per heavy atom. The van der Waals surface area contributed by atoms with Crippen molar-refractivity contribution in [3.63, 3.8) is 0 Å². The minimum atomic E-state index is -0.145. The number of carbonyl (C=O) groups is 1. The Labute approximate surface area is 129 Å². The summed E-state index contributed by atoms with van der Waals surface area (Å²) in [6.07, 6.45) is 0.754. The van der Waals surface area contributed by atoms with Gasteiger partial charge in [-0.3, -0.25) is 4.79 Å². The Morgan fingerprint density at radius 1 is 1.25 bits per heavy atom. The Kier molecular flexibility index (Phi) is 6.85. The standard InChI is InChI=1S/C15H22BrNO3/c1-10(2)14(16)15(18)17-8-7-11-5-6-12(19-3)13(9-11)20-4/h5-6,9-10,14H,7-8H2,1-4H3,(H,17,18). The maximum atomic E-state index is 11.8. The predicted octanol–water partition coefficient (Wildman–Crippen LogP) is 2.78. The molecule has 1 aromatic rings. The molecule has 5 heteroatoms. The van der Waals surface area contributed by atoms with Crippen LogP contribution in [0.2, 0.25) is 0 Å². The van der Waals surface area contributed by atoms with Crippen molar-refractivity contribution >= 4 is 21.8 Å². The molecule has 1 amide bonds. The fraction of sp³-hybridized carbons (Fsp3) is 0.533. The lowest BCUT2D eigenvalue weighted by Gasteiger charge is -2.14. The van der Waals surface area contributed by atoms with Crippen LogP contribution in [0.4, 0.5) is 0 Å². The van der Waals surface area contributed by atoms with Crippen LogP contribution in [-0.2, 0) is 11.2 Å². The van der Waals surface area contributed by atoms with Gasteiger partial charge in [0.05, 0.1) is 19.0 Å². The lowest BCUT2D eigenvalue weighted by atomic mass is 10.1. The van der Waals surface area contributed by atoms with Crippen molar-refractivity contribution < 1.29 is 14.3 Å². The molecule has 0 heterocycles. The summed E-state index contributed by atoms with van der Waals surface area (Å²) in [6.45, 7) is 4.61. The second-order valence-corrected chi connectivity index (χ2v) is 5.86. The molecule has 0 aliphatic carbocycles. The number of carbonyl (C=O) groups excluding carboxylic acids is 1. The number of amides is 1. The average Bonchev–Trinajstić information content (AvgIpc) is 2.45. The van der Waals surface area contributed by atoms with E-state index in [2.05, 4.69) is 21.2 Å². The molecule has 0 aromatic heterocycles. The number of alkyl halides is 1. The summed E-state index contributed by atoms with van der Waals surface area (Å²) in [5.41, 5.74) is 1.10. The molecule has 0 saturated heterocycles. The molecular formula is C15H22BrNO3. The first-order chi connectivity index (χ1) is 9.49. The van der Waals surface area contributed by atoms with E-state index in [9.17, 15) is 4.79 Å². The summed E-state index contributed by atoms with van der Waals surface area (Å²) in [4.78, 5) is 11.7. The van der Waals surface area contributed by atoms with E-state index in [1.165, 1.54) is 0 Å². The van der Waals surface area contributed by atoms with Crippen LogP contribution in [0, 0.1) is 5.92 Å². The van der Waals surface area contributed by atoms with E-state index in [1.807, 2.05) is 32.0 Å². The fourth-order valence-corrected chi connectivity index (χ4v) is 1.93. The van der Waals surface area contributed by atoms with Crippen LogP contribution in [-0.4, -0.2) is 31.5 Å². The summed E-state index contributed by atoms with van der Waals surface area (Å²) in [5.74, 6) is 1.72. The second kappa shape index (κ2) is 8.15. The summed E-state index contributed by atoms with van der Waals surface area (Å²) < 4.78 is 10.4. The third-order valence-corrected chi connectivity index (χ3v) is 4.47.